The van der Waals surface area contributed by atoms with E-state index >= 15 is 0 Å². The lowest BCUT2D eigenvalue weighted by atomic mass is 10.0. The molecule has 0 saturated heterocycles. The zero-order chi connectivity index (χ0) is 24.4. The SMILES string of the molecule is Cc1cc(CNC(=O)c2cc(Cn3ccn(C)c3=N)cc(-c3ccc(F)cc3C)n2)ccc1Cl. The van der Waals surface area contributed by atoms with Crippen molar-refractivity contribution < 1.29 is 9.18 Å². The lowest BCUT2D eigenvalue weighted by Crippen LogP contribution is -2.25. The lowest BCUT2D eigenvalue weighted by molar-refractivity contribution is 0.0946. The van der Waals surface area contributed by atoms with Gasteiger partial charge < -0.3 is 14.5 Å². The van der Waals surface area contributed by atoms with E-state index in [9.17, 15) is 9.18 Å². The van der Waals surface area contributed by atoms with Crippen molar-refractivity contribution in [3.05, 3.63) is 105 Å². The van der Waals surface area contributed by atoms with Crippen LogP contribution in [0.2, 0.25) is 5.02 Å². The van der Waals surface area contributed by atoms with E-state index in [1.165, 1.54) is 12.1 Å². The number of hydrogen-bond acceptors (Lipinski definition) is 3. The Morgan fingerprint density at radius 2 is 1.85 bits per heavy atom. The molecule has 0 aliphatic rings. The Morgan fingerprint density at radius 1 is 1.06 bits per heavy atom. The van der Waals surface area contributed by atoms with Gasteiger partial charge in [-0.15, -0.1) is 0 Å². The zero-order valence-corrected chi connectivity index (χ0v) is 19.9. The van der Waals surface area contributed by atoms with Crippen LogP contribution in [-0.2, 0) is 20.1 Å². The van der Waals surface area contributed by atoms with E-state index in [0.29, 0.717) is 29.4 Å². The van der Waals surface area contributed by atoms with E-state index in [0.717, 1.165) is 27.8 Å². The molecule has 0 aliphatic carbocycles. The molecule has 2 N–H and O–H groups in total. The molecular weight excluding hydrogens is 453 g/mol. The molecule has 4 aromatic rings. The minimum absolute atomic E-state index is 0.255. The lowest BCUT2D eigenvalue weighted by Gasteiger charge is -2.12. The molecule has 0 radical (unpaired) electrons. The quantitative estimate of drug-likeness (QED) is 0.420. The van der Waals surface area contributed by atoms with Gasteiger partial charge in [-0.2, -0.15) is 0 Å². The Hall–Kier alpha value is -3.71. The van der Waals surface area contributed by atoms with E-state index in [2.05, 4.69) is 10.3 Å². The van der Waals surface area contributed by atoms with Crippen molar-refractivity contribution in [1.29, 1.82) is 5.41 Å². The summed E-state index contributed by atoms with van der Waals surface area (Å²) in [5.74, 6) is -0.646. The van der Waals surface area contributed by atoms with E-state index in [1.807, 2.05) is 44.3 Å². The van der Waals surface area contributed by atoms with Crippen LogP contribution in [0.15, 0.2) is 60.9 Å². The molecule has 2 aromatic heterocycles. The fraction of sp³-hybridized carbons (Fsp3) is 0.192. The van der Waals surface area contributed by atoms with Crippen LogP contribution in [0.1, 0.15) is 32.7 Å². The highest BCUT2D eigenvalue weighted by molar-refractivity contribution is 6.31. The van der Waals surface area contributed by atoms with Crippen LogP contribution in [0.5, 0.6) is 0 Å². The van der Waals surface area contributed by atoms with E-state index < -0.39 is 0 Å². The predicted octanol–water partition coefficient (Wildman–Crippen LogP) is 4.76. The Balaban J connectivity index is 1.68. The summed E-state index contributed by atoms with van der Waals surface area (Å²) in [6.45, 7) is 4.45. The second kappa shape index (κ2) is 9.65. The minimum atomic E-state index is -0.327. The molecule has 2 aromatic carbocycles. The maximum Gasteiger partial charge on any atom is 0.270 e. The number of aryl methyl sites for hydroxylation is 3. The van der Waals surface area contributed by atoms with Crippen LogP contribution in [-0.4, -0.2) is 20.0 Å². The third kappa shape index (κ3) is 5.10. The summed E-state index contributed by atoms with van der Waals surface area (Å²) in [6.07, 6.45) is 3.62. The number of amides is 1. The van der Waals surface area contributed by atoms with Gasteiger partial charge >= 0.3 is 0 Å². The monoisotopic (exact) mass is 477 g/mol. The number of nitrogens with zero attached hydrogens (tertiary/aromatic N) is 3. The van der Waals surface area contributed by atoms with E-state index in [4.69, 9.17) is 17.0 Å². The van der Waals surface area contributed by atoms with Crippen molar-refractivity contribution in [3.8, 4) is 11.3 Å². The molecule has 34 heavy (non-hydrogen) atoms. The van der Waals surface area contributed by atoms with E-state index in [1.54, 1.807) is 34.5 Å². The molecular formula is C26H25ClFN5O. The average molecular weight is 478 g/mol. The number of carbonyl (C=O) groups is 1. The van der Waals surface area contributed by atoms with Gasteiger partial charge in [-0.3, -0.25) is 10.2 Å². The highest BCUT2D eigenvalue weighted by Crippen LogP contribution is 2.24. The summed E-state index contributed by atoms with van der Waals surface area (Å²) >= 11 is 6.10. The van der Waals surface area contributed by atoms with Crippen LogP contribution in [0.3, 0.4) is 0 Å². The summed E-state index contributed by atoms with van der Waals surface area (Å²) < 4.78 is 17.2. The first-order valence-corrected chi connectivity index (χ1v) is 11.2. The molecule has 174 valence electrons. The molecule has 8 heteroatoms. The first-order chi connectivity index (χ1) is 16.2. The van der Waals surface area contributed by atoms with Gasteiger partial charge in [0.25, 0.3) is 5.91 Å². The highest BCUT2D eigenvalue weighted by Gasteiger charge is 2.14. The fourth-order valence-corrected chi connectivity index (χ4v) is 3.90. The maximum atomic E-state index is 13.7. The first-order valence-electron chi connectivity index (χ1n) is 10.8. The largest absolute Gasteiger partial charge is 0.347 e. The number of hydrogen-bond donors (Lipinski definition) is 2. The predicted molar refractivity (Wildman–Crippen MR) is 130 cm³/mol. The van der Waals surface area contributed by atoms with Crippen molar-refractivity contribution in [3.63, 3.8) is 0 Å². The van der Waals surface area contributed by atoms with Crippen LogP contribution in [0.25, 0.3) is 11.3 Å². The van der Waals surface area contributed by atoms with Gasteiger partial charge in [-0.1, -0.05) is 23.7 Å². The molecule has 0 spiro atoms. The van der Waals surface area contributed by atoms with Gasteiger partial charge in [0.15, 0.2) is 0 Å². The Morgan fingerprint density at radius 3 is 2.53 bits per heavy atom. The molecule has 0 fully saturated rings. The normalized spacial score (nSPS) is 11.0. The van der Waals surface area contributed by atoms with Crippen LogP contribution >= 0.6 is 11.6 Å². The van der Waals surface area contributed by atoms with Gasteiger partial charge in [0.2, 0.25) is 5.62 Å². The number of pyridine rings is 1. The summed E-state index contributed by atoms with van der Waals surface area (Å²) in [7, 11) is 1.80. The number of halogens is 2. The van der Waals surface area contributed by atoms with Crippen molar-refractivity contribution in [2.45, 2.75) is 26.9 Å². The second-order valence-corrected chi connectivity index (χ2v) is 8.74. The molecule has 4 rings (SSSR count). The topological polar surface area (TPSA) is 75.7 Å². The average Bonchev–Trinajstić information content (AvgIpc) is 3.11. The molecule has 0 atom stereocenters. The Kier molecular flexibility index (Phi) is 6.65. The Bertz CT molecular complexity index is 1440. The molecule has 0 unspecified atom stereocenters. The molecule has 0 bridgehead atoms. The molecule has 6 nitrogen and oxygen atoms in total. The second-order valence-electron chi connectivity index (χ2n) is 8.33. The molecule has 1 amide bonds. The first kappa shape index (κ1) is 23.4. The highest BCUT2D eigenvalue weighted by atomic mass is 35.5. The smallest absolute Gasteiger partial charge is 0.270 e. The van der Waals surface area contributed by atoms with Gasteiger partial charge in [-0.25, -0.2) is 9.37 Å². The van der Waals surface area contributed by atoms with Crippen molar-refractivity contribution in [2.24, 2.45) is 7.05 Å². The van der Waals surface area contributed by atoms with Gasteiger partial charge in [-0.05, 0) is 72.5 Å². The van der Waals surface area contributed by atoms with E-state index in [-0.39, 0.29) is 17.4 Å². The van der Waals surface area contributed by atoms with Gasteiger partial charge in [0.1, 0.15) is 11.5 Å². The van der Waals surface area contributed by atoms with Crippen LogP contribution in [0, 0.1) is 25.1 Å². The zero-order valence-electron chi connectivity index (χ0n) is 19.2. The minimum Gasteiger partial charge on any atom is -0.347 e. The summed E-state index contributed by atoms with van der Waals surface area (Å²) in [5, 5.41) is 11.8. The van der Waals surface area contributed by atoms with Crippen molar-refractivity contribution in [2.75, 3.05) is 0 Å². The van der Waals surface area contributed by atoms with Crippen molar-refractivity contribution in [1.82, 2.24) is 19.4 Å². The summed E-state index contributed by atoms with van der Waals surface area (Å²) in [6, 6.07) is 13.7. The summed E-state index contributed by atoms with van der Waals surface area (Å²) in [5.41, 5.74) is 5.31. The number of nitrogens with one attached hydrogen (secondary N) is 2. The van der Waals surface area contributed by atoms with Crippen LogP contribution < -0.4 is 10.9 Å². The maximum absolute atomic E-state index is 13.7. The number of benzene rings is 2. The number of imidazole rings is 1. The standard InChI is InChI=1S/C26H25ClFN5O/c1-16-11-20(28)5-6-21(16)23-12-19(15-33-9-8-32(3)26(33)29)13-24(31-23)25(34)30-14-18-4-7-22(27)17(2)10-18/h4-13,29H,14-15H2,1-3H3,(H,30,34). The number of rotatable bonds is 6. The number of carbonyl (C=O) groups excluding carboxylic acids is 1. The molecule has 0 saturated carbocycles. The van der Waals surface area contributed by atoms with Gasteiger partial charge in [0, 0.05) is 36.6 Å². The third-order valence-corrected chi connectivity index (χ3v) is 6.11. The molecule has 2 heterocycles. The van der Waals surface area contributed by atoms with Gasteiger partial charge in [0.05, 0.1) is 12.2 Å². The Labute approximate surface area is 202 Å². The fourth-order valence-electron chi connectivity index (χ4n) is 3.79. The third-order valence-electron chi connectivity index (χ3n) is 5.69. The molecule has 0 aliphatic heterocycles. The van der Waals surface area contributed by atoms with Crippen LogP contribution in [0.4, 0.5) is 4.39 Å². The van der Waals surface area contributed by atoms with Crippen molar-refractivity contribution >= 4 is 17.5 Å². The number of aromatic nitrogens is 3. The summed E-state index contributed by atoms with van der Waals surface area (Å²) in [4.78, 5) is 17.7.